The number of ether oxygens (including phenoxy) is 5. The van der Waals surface area contributed by atoms with Gasteiger partial charge in [-0.15, -0.1) is 0 Å². The Hall–Kier alpha value is -4.29. The van der Waals surface area contributed by atoms with Crippen molar-refractivity contribution in [3.8, 4) is 0 Å². The van der Waals surface area contributed by atoms with E-state index < -0.39 is 48.0 Å². The SMILES string of the molecule is CC(C)(C)OC(=O)NCC(=O)NCC(=O)N[C@H]1C[C@@H](OCc2ccccc2)[C@H](OCc2ccccc2)C(COCc2ccccc2)O1. The lowest BCUT2D eigenvalue weighted by Gasteiger charge is -2.41. The van der Waals surface area contributed by atoms with Crippen LogP contribution in [-0.2, 0) is 53.1 Å². The number of rotatable bonds is 15. The smallest absolute Gasteiger partial charge is 0.408 e. The highest BCUT2D eigenvalue weighted by Gasteiger charge is 2.41. The predicted molar refractivity (Wildman–Crippen MR) is 175 cm³/mol. The van der Waals surface area contributed by atoms with Crippen LogP contribution in [0.4, 0.5) is 4.79 Å². The van der Waals surface area contributed by atoms with Crippen LogP contribution in [0.5, 0.6) is 0 Å². The lowest BCUT2D eigenvalue weighted by atomic mass is 10.00. The second-order valence-electron chi connectivity index (χ2n) is 12.2. The lowest BCUT2D eigenvalue weighted by molar-refractivity contribution is -0.225. The number of carbonyl (C=O) groups is 3. The summed E-state index contributed by atoms with van der Waals surface area (Å²) in [4.78, 5) is 37.0. The van der Waals surface area contributed by atoms with E-state index in [0.29, 0.717) is 26.2 Å². The molecular formula is C36H45N3O8. The zero-order valence-corrected chi connectivity index (χ0v) is 27.2. The molecule has 3 amide bonds. The summed E-state index contributed by atoms with van der Waals surface area (Å²) >= 11 is 0. The second kappa shape index (κ2) is 18.2. The summed E-state index contributed by atoms with van der Waals surface area (Å²) in [6.45, 7) is 5.77. The Labute approximate surface area is 276 Å². The zero-order valence-electron chi connectivity index (χ0n) is 27.2. The molecule has 1 fully saturated rings. The topological polar surface area (TPSA) is 133 Å². The first-order chi connectivity index (χ1) is 22.6. The van der Waals surface area contributed by atoms with Crippen molar-refractivity contribution in [3.05, 3.63) is 108 Å². The van der Waals surface area contributed by atoms with Gasteiger partial charge in [0.05, 0.1) is 39.1 Å². The van der Waals surface area contributed by atoms with Crippen LogP contribution in [0, 0.1) is 0 Å². The Bertz CT molecular complexity index is 1390. The van der Waals surface area contributed by atoms with E-state index in [1.807, 2.05) is 91.0 Å². The highest BCUT2D eigenvalue weighted by Crippen LogP contribution is 2.27. The zero-order chi connectivity index (χ0) is 33.5. The summed E-state index contributed by atoms with van der Waals surface area (Å²) in [5, 5.41) is 7.72. The van der Waals surface area contributed by atoms with Gasteiger partial charge in [-0.05, 0) is 37.5 Å². The highest BCUT2D eigenvalue weighted by molar-refractivity contribution is 5.87. The Morgan fingerprint density at radius 3 is 1.83 bits per heavy atom. The Balaban J connectivity index is 1.40. The summed E-state index contributed by atoms with van der Waals surface area (Å²) in [6.07, 6.45) is -2.67. The first-order valence-corrected chi connectivity index (χ1v) is 15.8. The lowest BCUT2D eigenvalue weighted by Crippen LogP contribution is -2.57. The van der Waals surface area contributed by atoms with Crippen LogP contribution in [0.15, 0.2) is 91.0 Å². The Kier molecular flexibility index (Phi) is 13.7. The largest absolute Gasteiger partial charge is 0.444 e. The monoisotopic (exact) mass is 647 g/mol. The minimum atomic E-state index is -0.734. The fourth-order valence-electron chi connectivity index (χ4n) is 4.88. The third kappa shape index (κ3) is 13.2. The maximum Gasteiger partial charge on any atom is 0.408 e. The molecule has 47 heavy (non-hydrogen) atoms. The standard InChI is InChI=1S/C36H45N3O8/c1-36(2,3)47-35(42)38-20-31(40)37-21-32(41)39-33-19-29(44-23-27-15-9-5-10-16-27)34(45-24-28-17-11-6-12-18-28)30(46-33)25-43-22-26-13-7-4-8-14-26/h4-18,29-30,33-34H,19-25H2,1-3H3,(H,37,40)(H,38,42)(H,39,41)/t29-,30?,33-,34+/m1/s1. The molecule has 11 heteroatoms. The summed E-state index contributed by atoms with van der Waals surface area (Å²) < 4.78 is 30.5. The molecule has 0 radical (unpaired) electrons. The minimum Gasteiger partial charge on any atom is -0.444 e. The van der Waals surface area contributed by atoms with Gasteiger partial charge in [0.25, 0.3) is 0 Å². The van der Waals surface area contributed by atoms with Gasteiger partial charge in [0.15, 0.2) is 0 Å². The van der Waals surface area contributed by atoms with Crippen molar-refractivity contribution in [2.45, 2.75) is 77.2 Å². The summed E-state index contributed by atoms with van der Waals surface area (Å²) in [5.41, 5.74) is 2.33. The van der Waals surface area contributed by atoms with Crippen LogP contribution in [0.1, 0.15) is 43.9 Å². The summed E-state index contributed by atoms with van der Waals surface area (Å²) in [5.74, 6) is -1.00. The molecule has 11 nitrogen and oxygen atoms in total. The second-order valence-corrected chi connectivity index (χ2v) is 12.2. The van der Waals surface area contributed by atoms with Crippen molar-refractivity contribution < 1.29 is 38.1 Å². The van der Waals surface area contributed by atoms with Gasteiger partial charge < -0.3 is 39.6 Å². The molecule has 4 atom stereocenters. The van der Waals surface area contributed by atoms with E-state index in [0.717, 1.165) is 16.7 Å². The molecule has 1 saturated heterocycles. The average molecular weight is 648 g/mol. The Morgan fingerprint density at radius 1 is 0.723 bits per heavy atom. The van der Waals surface area contributed by atoms with Crippen LogP contribution < -0.4 is 16.0 Å². The van der Waals surface area contributed by atoms with Gasteiger partial charge >= 0.3 is 6.09 Å². The van der Waals surface area contributed by atoms with Crippen LogP contribution >= 0.6 is 0 Å². The third-order valence-electron chi connectivity index (χ3n) is 7.06. The van der Waals surface area contributed by atoms with Crippen molar-refractivity contribution >= 4 is 17.9 Å². The van der Waals surface area contributed by atoms with Crippen LogP contribution in [0.25, 0.3) is 0 Å². The van der Waals surface area contributed by atoms with Crippen molar-refractivity contribution in [3.63, 3.8) is 0 Å². The molecule has 3 aromatic rings. The maximum absolute atomic E-state index is 12.9. The van der Waals surface area contributed by atoms with Gasteiger partial charge in [-0.2, -0.15) is 0 Å². The Morgan fingerprint density at radius 2 is 1.26 bits per heavy atom. The number of benzene rings is 3. The molecule has 3 aromatic carbocycles. The molecule has 0 bridgehead atoms. The predicted octanol–water partition coefficient (Wildman–Crippen LogP) is 4.25. The van der Waals surface area contributed by atoms with Crippen LogP contribution in [0.3, 0.4) is 0 Å². The number of alkyl carbamates (subject to hydrolysis) is 1. The molecule has 0 aromatic heterocycles. The first kappa shape index (κ1) is 35.6. The molecule has 1 unspecified atom stereocenters. The van der Waals surface area contributed by atoms with Crippen molar-refractivity contribution in [2.24, 2.45) is 0 Å². The molecule has 3 N–H and O–H groups in total. The normalized spacial score (nSPS) is 19.4. The fourth-order valence-corrected chi connectivity index (χ4v) is 4.88. The van der Waals surface area contributed by atoms with Gasteiger partial charge in [-0.1, -0.05) is 91.0 Å². The van der Waals surface area contributed by atoms with Crippen molar-refractivity contribution in [2.75, 3.05) is 19.7 Å². The number of carbonyl (C=O) groups excluding carboxylic acids is 3. The van der Waals surface area contributed by atoms with Crippen LogP contribution in [0.2, 0.25) is 0 Å². The van der Waals surface area contributed by atoms with E-state index >= 15 is 0 Å². The molecule has 0 saturated carbocycles. The summed E-state index contributed by atoms with van der Waals surface area (Å²) in [7, 11) is 0. The van der Waals surface area contributed by atoms with Crippen molar-refractivity contribution in [1.82, 2.24) is 16.0 Å². The maximum atomic E-state index is 12.9. The van der Waals surface area contributed by atoms with E-state index in [4.69, 9.17) is 23.7 Å². The number of hydrogen-bond acceptors (Lipinski definition) is 8. The fraction of sp³-hybridized carbons (Fsp3) is 0.417. The van der Waals surface area contributed by atoms with Gasteiger partial charge in [0, 0.05) is 6.42 Å². The van der Waals surface area contributed by atoms with E-state index in [1.165, 1.54) is 0 Å². The van der Waals surface area contributed by atoms with E-state index in [-0.39, 0.29) is 19.7 Å². The van der Waals surface area contributed by atoms with Crippen molar-refractivity contribution in [1.29, 1.82) is 0 Å². The number of nitrogens with one attached hydrogen (secondary N) is 3. The molecule has 252 valence electrons. The highest BCUT2D eigenvalue weighted by atomic mass is 16.6. The van der Waals surface area contributed by atoms with Gasteiger partial charge in [0.2, 0.25) is 11.8 Å². The number of hydrogen-bond donors (Lipinski definition) is 3. The molecular weight excluding hydrogens is 602 g/mol. The average Bonchev–Trinajstić information content (AvgIpc) is 3.05. The molecule has 1 heterocycles. The summed E-state index contributed by atoms with van der Waals surface area (Å²) in [6, 6.07) is 29.5. The van der Waals surface area contributed by atoms with Crippen LogP contribution in [-0.4, -0.2) is 67.7 Å². The quantitative estimate of drug-likeness (QED) is 0.223. The minimum absolute atomic E-state index is 0.193. The van der Waals surface area contributed by atoms with Gasteiger partial charge in [-0.25, -0.2) is 4.79 Å². The van der Waals surface area contributed by atoms with E-state index in [2.05, 4.69) is 16.0 Å². The molecule has 1 aliphatic heterocycles. The third-order valence-corrected chi connectivity index (χ3v) is 7.06. The first-order valence-electron chi connectivity index (χ1n) is 15.8. The molecule has 4 rings (SSSR count). The molecule has 1 aliphatic rings. The van der Waals surface area contributed by atoms with Gasteiger partial charge in [-0.3, -0.25) is 9.59 Å². The molecule has 0 spiro atoms. The van der Waals surface area contributed by atoms with Gasteiger partial charge in [0.1, 0.15) is 30.6 Å². The van der Waals surface area contributed by atoms with E-state index in [9.17, 15) is 14.4 Å². The molecule has 0 aliphatic carbocycles. The van der Waals surface area contributed by atoms with E-state index in [1.54, 1.807) is 20.8 Å². The number of amides is 3.